The second-order valence-corrected chi connectivity index (χ2v) is 10.3. The Kier molecular flexibility index (Phi) is 8.80. The van der Waals surface area contributed by atoms with Gasteiger partial charge in [-0.1, -0.05) is 25.0 Å². The van der Waals surface area contributed by atoms with Crippen molar-refractivity contribution in [3.05, 3.63) is 59.7 Å². The Morgan fingerprint density at radius 3 is 2.36 bits per heavy atom. The molecule has 0 radical (unpaired) electrons. The summed E-state index contributed by atoms with van der Waals surface area (Å²) in [5.41, 5.74) is 0.859. The largest absolute Gasteiger partial charge is 0.488 e. The number of nitrogens with zero attached hydrogens (tertiary/aromatic N) is 1. The minimum Gasteiger partial charge on any atom is -0.488 e. The van der Waals surface area contributed by atoms with Crippen LogP contribution in [0, 0.1) is 11.6 Å². The third-order valence-electron chi connectivity index (χ3n) is 5.56. The average molecular weight is 481 g/mol. The number of ether oxygens (including phenoxy) is 1. The number of nitrogens with one attached hydrogen (secondary N) is 1. The molecule has 1 atom stereocenters. The molecule has 1 heterocycles. The van der Waals surface area contributed by atoms with Gasteiger partial charge in [0.05, 0.1) is 10.9 Å². The lowest BCUT2D eigenvalue weighted by atomic mass is 10.1. The molecule has 1 saturated heterocycles. The Hall–Kier alpha value is -2.52. The molecule has 9 heteroatoms. The molecule has 6 nitrogen and oxygen atoms in total. The van der Waals surface area contributed by atoms with Gasteiger partial charge in [-0.15, -0.1) is 0 Å². The Balaban J connectivity index is 1.46. The minimum atomic E-state index is -3.49. The molecule has 3 rings (SSSR count). The van der Waals surface area contributed by atoms with Crippen molar-refractivity contribution in [3.8, 4) is 5.75 Å². The van der Waals surface area contributed by atoms with Gasteiger partial charge in [0.25, 0.3) is 0 Å². The van der Waals surface area contributed by atoms with E-state index in [-0.39, 0.29) is 35.6 Å². The van der Waals surface area contributed by atoms with E-state index in [0.29, 0.717) is 19.5 Å². The molecule has 1 fully saturated rings. The van der Waals surface area contributed by atoms with Crippen molar-refractivity contribution in [2.24, 2.45) is 0 Å². The van der Waals surface area contributed by atoms with Crippen molar-refractivity contribution in [2.75, 3.05) is 19.7 Å². The number of hydrogen-bond acceptors (Lipinski definition) is 4. The third kappa shape index (κ3) is 7.23. The first-order valence-corrected chi connectivity index (χ1v) is 12.7. The maximum Gasteiger partial charge on any atom is 0.243 e. The molecular formula is C24H30F2N2O4S. The molecule has 0 aliphatic carbocycles. The number of aryl methyl sites for hydroxylation is 1. The van der Waals surface area contributed by atoms with E-state index in [1.54, 1.807) is 35.5 Å². The number of sulfonamides is 1. The number of hydrogen-bond donors (Lipinski definition) is 1. The van der Waals surface area contributed by atoms with Crippen LogP contribution < -0.4 is 10.1 Å². The predicted molar refractivity (Wildman–Crippen MR) is 121 cm³/mol. The molecule has 0 aromatic heterocycles. The van der Waals surface area contributed by atoms with Gasteiger partial charge in [-0.05, 0) is 56.0 Å². The summed E-state index contributed by atoms with van der Waals surface area (Å²) in [6, 6.07) is 9.35. The second kappa shape index (κ2) is 11.6. The van der Waals surface area contributed by atoms with Crippen LogP contribution >= 0.6 is 0 Å². The van der Waals surface area contributed by atoms with Crippen molar-refractivity contribution in [3.63, 3.8) is 0 Å². The summed E-state index contributed by atoms with van der Waals surface area (Å²) in [5, 5.41) is 2.77. The molecule has 2 aromatic carbocycles. The molecule has 1 unspecified atom stereocenters. The molecule has 180 valence electrons. The summed E-state index contributed by atoms with van der Waals surface area (Å²) in [6.07, 6.45) is 4.55. The van der Waals surface area contributed by atoms with Crippen molar-refractivity contribution in [1.29, 1.82) is 0 Å². The van der Waals surface area contributed by atoms with Crippen LogP contribution in [-0.2, 0) is 21.2 Å². The Labute approximate surface area is 194 Å². The Morgan fingerprint density at radius 2 is 1.73 bits per heavy atom. The highest BCUT2D eigenvalue weighted by atomic mass is 32.2. The first kappa shape index (κ1) is 25.1. The van der Waals surface area contributed by atoms with Gasteiger partial charge in [0.2, 0.25) is 15.9 Å². The van der Waals surface area contributed by atoms with E-state index in [1.807, 2.05) is 0 Å². The van der Waals surface area contributed by atoms with Crippen LogP contribution in [0.15, 0.2) is 47.4 Å². The fourth-order valence-corrected chi connectivity index (χ4v) is 5.23. The van der Waals surface area contributed by atoms with Crippen molar-refractivity contribution < 1.29 is 26.7 Å². The third-order valence-corrected chi connectivity index (χ3v) is 7.47. The average Bonchev–Trinajstić information content (AvgIpc) is 3.08. The molecule has 1 N–H and O–H groups in total. The number of carbonyl (C=O) groups is 1. The number of carbonyl (C=O) groups excluding carboxylic acids is 1. The topological polar surface area (TPSA) is 75.7 Å². The Bertz CT molecular complexity index is 1040. The van der Waals surface area contributed by atoms with Gasteiger partial charge < -0.3 is 10.1 Å². The van der Waals surface area contributed by atoms with Gasteiger partial charge in [0.15, 0.2) is 11.6 Å². The van der Waals surface area contributed by atoms with E-state index < -0.39 is 21.7 Å². The highest BCUT2D eigenvalue weighted by Crippen LogP contribution is 2.21. The molecule has 2 aromatic rings. The molecule has 33 heavy (non-hydrogen) atoms. The van der Waals surface area contributed by atoms with E-state index in [1.165, 1.54) is 6.07 Å². The zero-order valence-corrected chi connectivity index (χ0v) is 19.5. The fourth-order valence-electron chi connectivity index (χ4n) is 3.71. The van der Waals surface area contributed by atoms with E-state index in [2.05, 4.69) is 5.32 Å². The number of halogens is 2. The van der Waals surface area contributed by atoms with E-state index >= 15 is 0 Å². The van der Waals surface area contributed by atoms with E-state index in [9.17, 15) is 22.0 Å². The van der Waals surface area contributed by atoms with Crippen LogP contribution in [0.4, 0.5) is 8.78 Å². The lowest BCUT2D eigenvalue weighted by Crippen LogP contribution is -2.37. The lowest BCUT2D eigenvalue weighted by Gasteiger charge is -2.20. The van der Waals surface area contributed by atoms with Crippen LogP contribution in [0.25, 0.3) is 0 Å². The Morgan fingerprint density at radius 1 is 1.06 bits per heavy atom. The molecule has 0 saturated carbocycles. The van der Waals surface area contributed by atoms with Crippen molar-refractivity contribution >= 4 is 15.9 Å². The summed E-state index contributed by atoms with van der Waals surface area (Å²) in [7, 11) is -3.49. The first-order valence-electron chi connectivity index (χ1n) is 11.2. The van der Waals surface area contributed by atoms with E-state index in [0.717, 1.165) is 43.4 Å². The van der Waals surface area contributed by atoms with Crippen LogP contribution in [-0.4, -0.2) is 44.4 Å². The molecule has 1 aliphatic heterocycles. The molecule has 0 spiro atoms. The minimum absolute atomic E-state index is 0.0390. The predicted octanol–water partition coefficient (Wildman–Crippen LogP) is 4.05. The lowest BCUT2D eigenvalue weighted by molar-refractivity contribution is -0.121. The highest BCUT2D eigenvalue weighted by molar-refractivity contribution is 7.89. The standard InChI is InChI=1S/C24H30F2N2O4S/c1-18(17-32-23-12-9-20(25)16-22(23)26)27-24(29)13-8-19-6-10-21(11-7-19)33(30,31)28-14-4-2-3-5-15-28/h6-7,9-12,16,18H,2-5,8,13-15,17H2,1H3,(H,27,29). The van der Waals surface area contributed by atoms with Crippen LogP contribution in [0.1, 0.15) is 44.6 Å². The second-order valence-electron chi connectivity index (χ2n) is 8.32. The maximum absolute atomic E-state index is 13.6. The SMILES string of the molecule is CC(COc1ccc(F)cc1F)NC(=O)CCc1ccc(S(=O)(=O)N2CCCCCC2)cc1. The van der Waals surface area contributed by atoms with Gasteiger partial charge in [0.1, 0.15) is 12.4 Å². The first-order chi connectivity index (χ1) is 15.8. The van der Waals surface area contributed by atoms with Gasteiger partial charge in [-0.3, -0.25) is 4.79 Å². The summed E-state index contributed by atoms with van der Waals surface area (Å²) >= 11 is 0. The summed E-state index contributed by atoms with van der Waals surface area (Å²) in [5.74, 6) is -1.76. The van der Waals surface area contributed by atoms with Gasteiger partial charge in [-0.2, -0.15) is 4.31 Å². The smallest absolute Gasteiger partial charge is 0.243 e. The number of amides is 1. The van der Waals surface area contributed by atoms with Gasteiger partial charge >= 0.3 is 0 Å². The summed E-state index contributed by atoms with van der Waals surface area (Å²) < 4.78 is 59.1. The van der Waals surface area contributed by atoms with Gasteiger partial charge in [0, 0.05) is 25.6 Å². The summed E-state index contributed by atoms with van der Waals surface area (Å²) in [6.45, 7) is 2.87. The molecule has 1 amide bonds. The quantitative estimate of drug-likeness (QED) is 0.588. The van der Waals surface area contributed by atoms with Crippen LogP contribution in [0.5, 0.6) is 5.75 Å². The fraction of sp³-hybridized carbons (Fsp3) is 0.458. The van der Waals surface area contributed by atoms with Crippen LogP contribution in [0.3, 0.4) is 0 Å². The monoisotopic (exact) mass is 480 g/mol. The number of benzene rings is 2. The molecular weight excluding hydrogens is 450 g/mol. The summed E-state index contributed by atoms with van der Waals surface area (Å²) in [4.78, 5) is 12.5. The zero-order chi connectivity index (χ0) is 23.8. The number of rotatable bonds is 9. The maximum atomic E-state index is 13.6. The molecule has 0 bridgehead atoms. The van der Waals surface area contributed by atoms with E-state index in [4.69, 9.17) is 4.74 Å². The highest BCUT2D eigenvalue weighted by Gasteiger charge is 2.24. The van der Waals surface area contributed by atoms with Crippen molar-refractivity contribution in [1.82, 2.24) is 9.62 Å². The van der Waals surface area contributed by atoms with Gasteiger partial charge in [-0.25, -0.2) is 17.2 Å². The normalized spacial score (nSPS) is 16.1. The zero-order valence-electron chi connectivity index (χ0n) is 18.7. The van der Waals surface area contributed by atoms with Crippen LogP contribution in [0.2, 0.25) is 0 Å². The molecule has 1 aliphatic rings. The van der Waals surface area contributed by atoms with Crippen molar-refractivity contribution in [2.45, 2.75) is 56.4 Å².